The van der Waals surface area contributed by atoms with Crippen LogP contribution in [0.4, 0.5) is 0 Å². The van der Waals surface area contributed by atoms with Crippen LogP contribution in [0.2, 0.25) is 0 Å². The number of benzene rings is 1. The normalized spacial score (nSPS) is 41.5. The number of fused-ring (bicyclic) bond motifs is 18. The lowest BCUT2D eigenvalue weighted by atomic mass is 9.61. The molecule has 180 valence electrons. The quantitative estimate of drug-likeness (QED) is 0.401. The fraction of sp³-hybridized carbons (Fsp3) is 0.545. The highest BCUT2D eigenvalue weighted by atomic mass is 14.7. The first kappa shape index (κ1) is 22.1. The zero-order chi connectivity index (χ0) is 26.2. The highest BCUT2D eigenvalue weighted by molar-refractivity contribution is 5.82. The van der Waals surface area contributed by atoms with E-state index >= 15 is 0 Å². The summed E-state index contributed by atoms with van der Waals surface area (Å²) in [6, 6.07) is 7.78. The summed E-state index contributed by atoms with van der Waals surface area (Å²) < 4.78 is 0. The fourth-order valence-electron chi connectivity index (χ4n) is 10.1. The Morgan fingerprint density at radius 2 is 0.694 bits per heavy atom. The summed E-state index contributed by atoms with van der Waals surface area (Å²) in [5, 5.41) is 30.9. The van der Waals surface area contributed by atoms with Gasteiger partial charge in [0.25, 0.3) is 0 Å². The smallest absolute Gasteiger partial charge is 0.0953 e. The summed E-state index contributed by atoms with van der Waals surface area (Å²) in [5.74, 6) is 0.438. The summed E-state index contributed by atoms with van der Waals surface area (Å²) in [4.78, 5) is 0. The van der Waals surface area contributed by atoms with Gasteiger partial charge in [-0.3, -0.25) is 0 Å². The molecule has 6 aliphatic rings. The Morgan fingerprint density at radius 1 is 0.472 bits per heavy atom. The Balaban J connectivity index is 1.74. The monoisotopic (exact) mass is 471 g/mol. The van der Waals surface area contributed by atoms with Gasteiger partial charge in [-0.05, 0) is 49.6 Å². The van der Waals surface area contributed by atoms with Crippen LogP contribution >= 0.6 is 0 Å². The van der Waals surface area contributed by atoms with Gasteiger partial charge in [-0.2, -0.15) is 15.8 Å². The molecule has 0 radical (unpaired) electrons. The molecule has 0 spiro atoms. The average Bonchev–Trinajstić information content (AvgIpc) is 3.41. The number of hydrogen-bond acceptors (Lipinski definition) is 3. The van der Waals surface area contributed by atoms with Crippen molar-refractivity contribution < 1.29 is 0 Å². The van der Waals surface area contributed by atoms with Crippen molar-refractivity contribution in [1.29, 1.82) is 15.8 Å². The molecule has 1 aromatic carbocycles. The van der Waals surface area contributed by atoms with Crippen molar-refractivity contribution in [3.63, 3.8) is 0 Å². The van der Waals surface area contributed by atoms with E-state index in [1.54, 1.807) is 0 Å². The van der Waals surface area contributed by atoms with Crippen LogP contribution in [-0.2, 0) is 16.2 Å². The Hall–Kier alpha value is -3.09. The molecule has 1 aromatic rings. The Kier molecular flexibility index (Phi) is 3.34. The molecule has 0 aliphatic heterocycles. The zero-order valence-electron chi connectivity index (χ0n) is 22.8. The molecule has 6 aliphatic carbocycles. The molecule has 6 bridgehead atoms. The van der Waals surface area contributed by atoms with Gasteiger partial charge >= 0.3 is 0 Å². The topological polar surface area (TPSA) is 71.4 Å². The van der Waals surface area contributed by atoms with E-state index in [4.69, 9.17) is 0 Å². The van der Waals surface area contributed by atoms with Crippen molar-refractivity contribution in [3.8, 4) is 18.2 Å². The van der Waals surface area contributed by atoms with Crippen LogP contribution in [0.3, 0.4) is 0 Å². The Bertz CT molecular complexity index is 1390. The molecule has 7 rings (SSSR count). The van der Waals surface area contributed by atoms with Crippen molar-refractivity contribution in [3.05, 3.63) is 68.3 Å². The van der Waals surface area contributed by atoms with Gasteiger partial charge < -0.3 is 0 Å². The van der Waals surface area contributed by atoms with E-state index in [2.05, 4.69) is 98.7 Å². The first-order chi connectivity index (χ1) is 16.6. The minimum Gasteiger partial charge on any atom is -0.193 e. The predicted molar refractivity (Wildman–Crippen MR) is 139 cm³/mol. The highest BCUT2D eigenvalue weighted by Gasteiger charge is 2.73. The van der Waals surface area contributed by atoms with Crippen molar-refractivity contribution in [2.45, 2.75) is 96.3 Å². The van der Waals surface area contributed by atoms with Gasteiger partial charge in [0, 0.05) is 50.7 Å². The zero-order valence-corrected chi connectivity index (χ0v) is 22.8. The number of rotatable bonds is 0. The first-order valence-corrected chi connectivity index (χ1v) is 13.3. The summed E-state index contributed by atoms with van der Waals surface area (Å²) in [5.41, 5.74) is 9.28. The lowest BCUT2D eigenvalue weighted by Gasteiger charge is -2.40. The van der Waals surface area contributed by atoms with Gasteiger partial charge in [0.2, 0.25) is 0 Å². The van der Waals surface area contributed by atoms with Gasteiger partial charge in [-0.15, -0.1) is 0 Å². The van der Waals surface area contributed by atoms with Gasteiger partial charge in [-0.25, -0.2) is 0 Å². The largest absolute Gasteiger partial charge is 0.193 e. The molecular formula is C33H33N3. The summed E-state index contributed by atoms with van der Waals surface area (Å²) in [6.07, 6.45) is 6.72. The van der Waals surface area contributed by atoms with E-state index in [-0.39, 0.29) is 34.0 Å². The van der Waals surface area contributed by atoms with Crippen molar-refractivity contribution in [1.82, 2.24) is 0 Å². The van der Waals surface area contributed by atoms with Crippen LogP contribution in [0, 0.1) is 50.2 Å². The third kappa shape index (κ3) is 1.59. The third-order valence-corrected chi connectivity index (χ3v) is 13.2. The number of nitriles is 3. The molecule has 0 unspecified atom stereocenters. The molecule has 36 heavy (non-hydrogen) atoms. The minimum atomic E-state index is -0.392. The summed E-state index contributed by atoms with van der Waals surface area (Å²) >= 11 is 0. The Morgan fingerprint density at radius 3 is 0.889 bits per heavy atom. The molecule has 0 heterocycles. The van der Waals surface area contributed by atoms with Gasteiger partial charge in [0.15, 0.2) is 0 Å². The maximum Gasteiger partial charge on any atom is 0.0953 e. The average molecular weight is 472 g/mol. The Labute approximate surface area is 214 Å². The van der Waals surface area contributed by atoms with E-state index in [0.717, 1.165) is 16.7 Å². The van der Waals surface area contributed by atoms with Gasteiger partial charge in [0.05, 0.1) is 18.2 Å². The van der Waals surface area contributed by atoms with Crippen molar-refractivity contribution in [2.75, 3.05) is 0 Å². The van der Waals surface area contributed by atoms with Crippen LogP contribution in [0.1, 0.15) is 113 Å². The van der Waals surface area contributed by atoms with Crippen LogP contribution in [0.25, 0.3) is 0 Å². The molecule has 0 saturated heterocycles. The van der Waals surface area contributed by atoms with Gasteiger partial charge in [-0.1, -0.05) is 80.5 Å². The van der Waals surface area contributed by atoms with Crippen molar-refractivity contribution in [2.24, 2.45) is 16.2 Å². The fourth-order valence-corrected chi connectivity index (χ4v) is 10.1. The maximum atomic E-state index is 10.3. The second-order valence-corrected chi connectivity index (χ2v) is 14.4. The molecule has 3 heteroatoms. The van der Waals surface area contributed by atoms with Gasteiger partial charge in [0.1, 0.15) is 0 Å². The lowest BCUT2D eigenvalue weighted by molar-refractivity contribution is 0.240. The maximum absolute atomic E-state index is 10.3. The van der Waals surface area contributed by atoms with Crippen LogP contribution in [0.5, 0.6) is 0 Å². The van der Waals surface area contributed by atoms with Crippen LogP contribution in [-0.4, -0.2) is 0 Å². The molecule has 6 atom stereocenters. The molecular weight excluding hydrogens is 438 g/mol. The number of hydrogen-bond donors (Lipinski definition) is 0. The first-order valence-electron chi connectivity index (χ1n) is 13.3. The second kappa shape index (κ2) is 5.43. The van der Waals surface area contributed by atoms with E-state index in [1.807, 2.05) is 0 Å². The van der Waals surface area contributed by atoms with E-state index in [1.165, 1.54) is 33.4 Å². The van der Waals surface area contributed by atoms with E-state index in [9.17, 15) is 15.8 Å². The lowest BCUT2D eigenvalue weighted by Crippen LogP contribution is -2.36. The van der Waals surface area contributed by atoms with Crippen LogP contribution < -0.4 is 0 Å². The minimum absolute atomic E-state index is 0.142. The van der Waals surface area contributed by atoms with Crippen molar-refractivity contribution >= 4 is 0 Å². The second-order valence-electron chi connectivity index (χ2n) is 14.4. The third-order valence-electron chi connectivity index (χ3n) is 13.2. The molecule has 0 saturated carbocycles. The molecule has 0 fully saturated rings. The molecule has 0 N–H and O–H groups in total. The van der Waals surface area contributed by atoms with E-state index in [0.29, 0.717) is 0 Å². The molecule has 0 amide bonds. The summed E-state index contributed by atoms with van der Waals surface area (Å²) in [7, 11) is 0. The number of nitrogens with zero attached hydrogens (tertiary/aromatic N) is 3. The highest BCUT2D eigenvalue weighted by Crippen LogP contribution is 2.80. The molecule has 3 nitrogen and oxygen atoms in total. The number of allylic oxidation sites excluding steroid dienone is 6. The SMILES string of the molecule is CC1(C)[C@@H]2C=C(C#N)[C@@]1(C)c1c2c2c(c3c1[C@H]1C=C(C#N)[C@]3(C)C1(C)C)[C@H]1C=C(C#N)[C@]2(C)C1(C)C. The molecule has 0 aromatic heterocycles. The summed E-state index contributed by atoms with van der Waals surface area (Å²) in [6.45, 7) is 20.8. The predicted octanol–water partition coefficient (Wildman–Crippen LogP) is 7.22. The van der Waals surface area contributed by atoms with Crippen LogP contribution in [0.15, 0.2) is 34.9 Å². The standard InChI is InChI=1S/C33H33N3/c1-28(2)19-10-16(13-34)31(28,7)25-22(19)26-24(21-12-17(14-35)32(26,8)30(21,5)6)27-23(25)20-11-18(15-36)33(27,9)29(20,3)4/h10-12,19-21H,1-9H3/t19-,20-,21-,31+,32+,33+/m1/s1. The van der Waals surface area contributed by atoms with E-state index < -0.39 is 16.2 Å².